The maximum Gasteiger partial charge on any atom is 0.343 e. The monoisotopic (exact) mass is 400 g/mol. The van der Waals surface area contributed by atoms with E-state index < -0.39 is 11.9 Å². The van der Waals surface area contributed by atoms with Crippen molar-refractivity contribution in [2.45, 2.75) is 0 Å². The number of halogens is 1. The zero-order chi connectivity index (χ0) is 17.8. The van der Waals surface area contributed by atoms with Gasteiger partial charge in [0.2, 0.25) is 0 Å². The highest BCUT2D eigenvalue weighted by Crippen LogP contribution is 2.31. The first kappa shape index (κ1) is 17.0. The van der Waals surface area contributed by atoms with Crippen molar-refractivity contribution in [2.75, 3.05) is 7.11 Å². The Hall–Kier alpha value is -2.86. The Morgan fingerprint density at radius 3 is 2.28 bits per heavy atom. The number of carbonyl (C=O) groups excluding carboxylic acids is 2. The van der Waals surface area contributed by atoms with Crippen LogP contribution in [0.25, 0.3) is 11.3 Å². The number of esters is 2. The Morgan fingerprint density at radius 1 is 0.960 bits per heavy atom. The minimum atomic E-state index is -0.496. The number of ether oxygens (including phenoxy) is 2. The van der Waals surface area contributed by atoms with Crippen molar-refractivity contribution < 1.29 is 23.5 Å². The van der Waals surface area contributed by atoms with Gasteiger partial charge in [-0.05, 0) is 52.3 Å². The smallest absolute Gasteiger partial charge is 0.343 e. The third-order valence-electron chi connectivity index (χ3n) is 3.44. The topological polar surface area (TPSA) is 65.7 Å². The molecule has 3 aromatic rings. The van der Waals surface area contributed by atoms with Crippen molar-refractivity contribution in [2.24, 2.45) is 0 Å². The van der Waals surface area contributed by atoms with Gasteiger partial charge in [-0.25, -0.2) is 9.59 Å². The van der Waals surface area contributed by atoms with E-state index in [2.05, 4.69) is 15.9 Å². The fraction of sp³-hybridized carbons (Fsp3) is 0.0526. The Labute approximate surface area is 152 Å². The van der Waals surface area contributed by atoms with Gasteiger partial charge < -0.3 is 13.9 Å². The molecule has 0 radical (unpaired) electrons. The SMILES string of the molecule is COC(=O)c1cc(Br)oc1-c1ccc(OC(=O)c2ccccc2)cc1. The van der Waals surface area contributed by atoms with Crippen molar-refractivity contribution >= 4 is 27.9 Å². The van der Waals surface area contributed by atoms with Gasteiger partial charge in [0.15, 0.2) is 4.67 Å². The largest absolute Gasteiger partial charge is 0.465 e. The third-order valence-corrected chi connectivity index (χ3v) is 3.83. The lowest BCUT2D eigenvalue weighted by Gasteiger charge is -2.06. The summed E-state index contributed by atoms with van der Waals surface area (Å²) in [5.74, 6) is -0.170. The molecule has 1 heterocycles. The molecule has 0 N–H and O–H groups in total. The van der Waals surface area contributed by atoms with Gasteiger partial charge in [-0.1, -0.05) is 18.2 Å². The van der Waals surface area contributed by atoms with E-state index >= 15 is 0 Å². The predicted octanol–water partition coefficient (Wildman–Crippen LogP) is 4.71. The van der Waals surface area contributed by atoms with Crippen LogP contribution in [0.4, 0.5) is 0 Å². The predicted molar refractivity (Wildman–Crippen MR) is 94.6 cm³/mol. The van der Waals surface area contributed by atoms with Gasteiger partial charge in [-0.3, -0.25) is 0 Å². The summed E-state index contributed by atoms with van der Waals surface area (Å²) in [4.78, 5) is 23.9. The molecule has 0 spiro atoms. The fourth-order valence-electron chi connectivity index (χ4n) is 2.25. The molecule has 2 aromatic carbocycles. The number of benzene rings is 2. The first-order valence-electron chi connectivity index (χ1n) is 7.34. The van der Waals surface area contributed by atoms with Crippen LogP contribution in [0.2, 0.25) is 0 Å². The molecule has 0 saturated carbocycles. The molecule has 25 heavy (non-hydrogen) atoms. The minimum Gasteiger partial charge on any atom is -0.465 e. The van der Waals surface area contributed by atoms with Gasteiger partial charge in [0.1, 0.15) is 17.1 Å². The van der Waals surface area contributed by atoms with Crippen LogP contribution in [0.3, 0.4) is 0 Å². The minimum absolute atomic E-state index is 0.309. The average Bonchev–Trinajstić information content (AvgIpc) is 3.04. The molecule has 0 saturated heterocycles. The highest BCUT2D eigenvalue weighted by Gasteiger charge is 2.19. The van der Waals surface area contributed by atoms with E-state index in [0.717, 1.165) is 0 Å². The van der Waals surface area contributed by atoms with Crippen LogP contribution >= 0.6 is 15.9 Å². The molecule has 0 fully saturated rings. The summed E-state index contributed by atoms with van der Waals surface area (Å²) >= 11 is 3.21. The van der Waals surface area contributed by atoms with Gasteiger partial charge >= 0.3 is 11.9 Å². The second-order valence-corrected chi connectivity index (χ2v) is 5.85. The number of hydrogen-bond acceptors (Lipinski definition) is 5. The van der Waals surface area contributed by atoms with Crippen LogP contribution in [0.15, 0.2) is 69.8 Å². The van der Waals surface area contributed by atoms with Crippen LogP contribution in [0.5, 0.6) is 5.75 Å². The quantitative estimate of drug-likeness (QED) is 0.468. The van der Waals surface area contributed by atoms with E-state index in [9.17, 15) is 9.59 Å². The van der Waals surface area contributed by atoms with E-state index in [-0.39, 0.29) is 0 Å². The number of hydrogen-bond donors (Lipinski definition) is 0. The van der Waals surface area contributed by atoms with Crippen molar-refractivity contribution in [3.05, 3.63) is 76.5 Å². The summed E-state index contributed by atoms with van der Waals surface area (Å²) in [5, 5.41) is 0. The lowest BCUT2D eigenvalue weighted by molar-refractivity contribution is 0.0600. The lowest BCUT2D eigenvalue weighted by atomic mass is 10.1. The number of furan rings is 1. The third kappa shape index (κ3) is 3.80. The Bertz CT molecular complexity index is 897. The van der Waals surface area contributed by atoms with E-state index in [4.69, 9.17) is 13.9 Å². The van der Waals surface area contributed by atoms with E-state index in [0.29, 0.717) is 32.9 Å². The van der Waals surface area contributed by atoms with Crippen molar-refractivity contribution in [3.63, 3.8) is 0 Å². The molecule has 5 nitrogen and oxygen atoms in total. The summed E-state index contributed by atoms with van der Waals surface area (Å²) in [6.45, 7) is 0. The molecule has 0 amide bonds. The number of rotatable bonds is 4. The lowest BCUT2D eigenvalue weighted by Crippen LogP contribution is -2.07. The standard InChI is InChI=1S/C19H13BrO5/c1-23-19(22)15-11-16(20)25-17(15)12-7-9-14(10-8-12)24-18(21)13-5-3-2-4-6-13/h2-11H,1H3. The zero-order valence-electron chi connectivity index (χ0n) is 13.2. The Kier molecular flexibility index (Phi) is 5.00. The summed E-state index contributed by atoms with van der Waals surface area (Å²) in [6, 6.07) is 16.9. The zero-order valence-corrected chi connectivity index (χ0v) is 14.8. The van der Waals surface area contributed by atoms with E-state index in [1.165, 1.54) is 7.11 Å². The molecule has 3 rings (SSSR count). The Balaban J connectivity index is 1.81. The van der Waals surface area contributed by atoms with Gasteiger partial charge in [0.25, 0.3) is 0 Å². The molecule has 126 valence electrons. The van der Waals surface area contributed by atoms with Crippen LogP contribution in [0.1, 0.15) is 20.7 Å². The average molecular weight is 401 g/mol. The maximum atomic E-state index is 12.0. The normalized spacial score (nSPS) is 10.3. The van der Waals surface area contributed by atoms with Crippen molar-refractivity contribution in [1.29, 1.82) is 0 Å². The number of carbonyl (C=O) groups is 2. The molecule has 0 aliphatic carbocycles. The van der Waals surface area contributed by atoms with Crippen molar-refractivity contribution in [3.8, 4) is 17.1 Å². The van der Waals surface area contributed by atoms with Gasteiger partial charge in [0.05, 0.1) is 12.7 Å². The molecule has 1 aromatic heterocycles. The molecule has 6 heteroatoms. The van der Waals surface area contributed by atoms with Crippen molar-refractivity contribution in [1.82, 2.24) is 0 Å². The Morgan fingerprint density at radius 2 is 1.64 bits per heavy atom. The molecule has 0 bridgehead atoms. The first-order valence-corrected chi connectivity index (χ1v) is 8.13. The van der Waals surface area contributed by atoms with Crippen LogP contribution in [0, 0.1) is 0 Å². The highest BCUT2D eigenvalue weighted by atomic mass is 79.9. The molecular formula is C19H13BrO5. The first-order chi connectivity index (χ1) is 12.1. The molecule has 0 unspecified atom stereocenters. The summed E-state index contributed by atoms with van der Waals surface area (Å²) in [6.07, 6.45) is 0. The summed E-state index contributed by atoms with van der Waals surface area (Å²) in [7, 11) is 1.30. The van der Waals surface area contributed by atoms with Crippen LogP contribution in [-0.2, 0) is 4.74 Å². The molecule has 0 atom stereocenters. The van der Waals surface area contributed by atoms with Gasteiger partial charge in [0, 0.05) is 11.6 Å². The fourth-order valence-corrected chi connectivity index (χ4v) is 2.64. The highest BCUT2D eigenvalue weighted by molar-refractivity contribution is 9.10. The molecule has 0 aliphatic rings. The molecule has 0 aliphatic heterocycles. The van der Waals surface area contributed by atoms with Gasteiger partial charge in [-0.15, -0.1) is 0 Å². The second kappa shape index (κ2) is 7.36. The van der Waals surface area contributed by atoms with Gasteiger partial charge in [-0.2, -0.15) is 0 Å². The van der Waals surface area contributed by atoms with E-state index in [1.807, 2.05) is 6.07 Å². The van der Waals surface area contributed by atoms with Crippen LogP contribution < -0.4 is 4.74 Å². The van der Waals surface area contributed by atoms with Crippen LogP contribution in [-0.4, -0.2) is 19.0 Å². The second-order valence-electron chi connectivity index (χ2n) is 5.06. The number of methoxy groups -OCH3 is 1. The summed E-state index contributed by atoms with van der Waals surface area (Å²) in [5.41, 5.74) is 1.43. The van der Waals surface area contributed by atoms with E-state index in [1.54, 1.807) is 54.6 Å². The summed E-state index contributed by atoms with van der Waals surface area (Å²) < 4.78 is 16.0. The maximum absolute atomic E-state index is 12.0. The molecular weight excluding hydrogens is 388 g/mol.